The second-order valence-corrected chi connectivity index (χ2v) is 14.8. The molecule has 5 aliphatic carbocycles. The van der Waals surface area contributed by atoms with Crippen molar-refractivity contribution in [1.82, 2.24) is 0 Å². The second kappa shape index (κ2) is 6.64. The lowest BCUT2D eigenvalue weighted by Crippen LogP contribution is -2.62. The molecule has 0 saturated heterocycles. The summed E-state index contributed by atoms with van der Waals surface area (Å²) in [6.07, 6.45) is 14.5. The molecule has 176 valence electrons. The molecule has 1 nitrogen and oxygen atoms in total. The maximum atomic E-state index is 10.9. The first-order valence-electron chi connectivity index (χ1n) is 13.7. The van der Waals surface area contributed by atoms with Crippen molar-refractivity contribution in [3.05, 3.63) is 11.6 Å². The van der Waals surface area contributed by atoms with Gasteiger partial charge < -0.3 is 5.11 Å². The number of aliphatic hydroxyl groups excluding tert-OH is 1. The summed E-state index contributed by atoms with van der Waals surface area (Å²) in [4.78, 5) is 0. The highest BCUT2D eigenvalue weighted by molar-refractivity contribution is 5.35. The van der Waals surface area contributed by atoms with E-state index in [2.05, 4.69) is 61.5 Å². The van der Waals surface area contributed by atoms with Crippen LogP contribution in [0.15, 0.2) is 11.6 Å². The minimum absolute atomic E-state index is 0.0583. The lowest BCUT2D eigenvalue weighted by Gasteiger charge is -2.69. The molecule has 5 rings (SSSR count). The fraction of sp³-hybridized carbons (Fsp3) is 0.933. The van der Waals surface area contributed by atoms with Crippen molar-refractivity contribution in [2.45, 2.75) is 119 Å². The molecule has 4 saturated carbocycles. The van der Waals surface area contributed by atoms with Gasteiger partial charge in [-0.25, -0.2) is 0 Å². The highest BCUT2D eigenvalue weighted by Gasteiger charge is 2.67. The van der Waals surface area contributed by atoms with Crippen LogP contribution >= 0.6 is 0 Å². The van der Waals surface area contributed by atoms with Crippen molar-refractivity contribution in [1.29, 1.82) is 0 Å². The molecule has 0 radical (unpaired) electrons. The monoisotopic (exact) mass is 426 g/mol. The van der Waals surface area contributed by atoms with E-state index >= 15 is 0 Å². The van der Waals surface area contributed by atoms with Crippen LogP contribution in [0.1, 0.15) is 113 Å². The third-order valence-electron chi connectivity index (χ3n) is 12.8. The largest absolute Gasteiger partial charge is 0.393 e. The molecule has 0 aromatic rings. The normalized spacial score (nSPS) is 55.7. The molecule has 9 atom stereocenters. The molecule has 1 heteroatoms. The van der Waals surface area contributed by atoms with Crippen molar-refractivity contribution in [3.8, 4) is 0 Å². The highest BCUT2D eigenvalue weighted by Crippen LogP contribution is 2.75. The molecular weight excluding hydrogens is 376 g/mol. The zero-order valence-corrected chi connectivity index (χ0v) is 21.9. The lowest BCUT2D eigenvalue weighted by molar-refractivity contribution is -0.181. The van der Waals surface area contributed by atoms with Crippen LogP contribution in [0.2, 0.25) is 0 Å². The highest BCUT2D eigenvalue weighted by atomic mass is 16.3. The van der Waals surface area contributed by atoms with Crippen molar-refractivity contribution in [2.24, 2.45) is 56.7 Å². The van der Waals surface area contributed by atoms with E-state index in [0.29, 0.717) is 27.6 Å². The van der Waals surface area contributed by atoms with Crippen LogP contribution in [0.3, 0.4) is 0 Å². The first-order valence-corrected chi connectivity index (χ1v) is 13.7. The van der Waals surface area contributed by atoms with Gasteiger partial charge in [0.25, 0.3) is 0 Å². The molecule has 0 unspecified atom stereocenters. The lowest BCUT2D eigenvalue weighted by atomic mass is 9.35. The second-order valence-electron chi connectivity index (χ2n) is 14.8. The standard InChI is InChI=1S/C30H50O/c1-19(2)20-9-14-27(5)15-10-23-29(7)16-11-21-26(3,4)24(31)13-18-28(21,6)22(29)12-17-30(23,8)25(20)27/h10,19-22,24-25,31H,9,11-18H2,1-8H3/t20-,21-,22-,24+,25-,27-,28+,29-,30-/m1/s1. The van der Waals surface area contributed by atoms with Gasteiger partial charge in [-0.1, -0.05) is 67.0 Å². The van der Waals surface area contributed by atoms with Gasteiger partial charge in [-0.15, -0.1) is 0 Å². The van der Waals surface area contributed by atoms with E-state index in [1.165, 1.54) is 51.4 Å². The molecule has 0 heterocycles. The maximum absolute atomic E-state index is 10.9. The number of hydrogen-bond donors (Lipinski definition) is 1. The number of rotatable bonds is 1. The average Bonchev–Trinajstić information content (AvgIpc) is 3.03. The third kappa shape index (κ3) is 2.71. The Kier molecular flexibility index (Phi) is 4.82. The Hall–Kier alpha value is -0.300. The van der Waals surface area contributed by atoms with Gasteiger partial charge in [-0.3, -0.25) is 0 Å². The topological polar surface area (TPSA) is 20.2 Å². The summed E-state index contributed by atoms with van der Waals surface area (Å²) in [6.45, 7) is 20.4. The summed E-state index contributed by atoms with van der Waals surface area (Å²) in [5.41, 5.74) is 3.61. The van der Waals surface area contributed by atoms with Gasteiger partial charge in [0.2, 0.25) is 0 Å². The zero-order chi connectivity index (χ0) is 22.6. The summed E-state index contributed by atoms with van der Waals surface area (Å²) in [5, 5.41) is 10.9. The summed E-state index contributed by atoms with van der Waals surface area (Å²) >= 11 is 0. The smallest absolute Gasteiger partial charge is 0.0594 e. The van der Waals surface area contributed by atoms with Gasteiger partial charge in [0.05, 0.1) is 6.10 Å². The number of hydrogen-bond acceptors (Lipinski definition) is 1. The van der Waals surface area contributed by atoms with Crippen molar-refractivity contribution >= 4 is 0 Å². The van der Waals surface area contributed by atoms with Crippen LogP contribution in [0, 0.1) is 56.7 Å². The molecule has 0 aliphatic heterocycles. The summed E-state index contributed by atoms with van der Waals surface area (Å²) < 4.78 is 0. The van der Waals surface area contributed by atoms with E-state index in [-0.39, 0.29) is 11.5 Å². The van der Waals surface area contributed by atoms with Crippen LogP contribution < -0.4 is 0 Å². The van der Waals surface area contributed by atoms with E-state index in [1.54, 1.807) is 0 Å². The Morgan fingerprint density at radius 1 is 0.806 bits per heavy atom. The fourth-order valence-electron chi connectivity index (χ4n) is 11.4. The van der Waals surface area contributed by atoms with E-state index in [1.807, 2.05) is 5.57 Å². The Bertz CT molecular complexity index is 777. The molecule has 4 fully saturated rings. The zero-order valence-electron chi connectivity index (χ0n) is 21.9. The van der Waals surface area contributed by atoms with Gasteiger partial charge in [0.1, 0.15) is 0 Å². The molecule has 0 spiro atoms. The van der Waals surface area contributed by atoms with Crippen LogP contribution in [0.5, 0.6) is 0 Å². The van der Waals surface area contributed by atoms with Crippen LogP contribution in [0.4, 0.5) is 0 Å². The van der Waals surface area contributed by atoms with Gasteiger partial charge in [-0.05, 0) is 114 Å². The number of aliphatic hydroxyl groups is 1. The van der Waals surface area contributed by atoms with E-state index in [9.17, 15) is 5.11 Å². The van der Waals surface area contributed by atoms with Crippen molar-refractivity contribution in [2.75, 3.05) is 0 Å². The average molecular weight is 427 g/mol. The van der Waals surface area contributed by atoms with Gasteiger partial charge in [-0.2, -0.15) is 0 Å². The molecule has 31 heavy (non-hydrogen) atoms. The summed E-state index contributed by atoms with van der Waals surface area (Å²) in [6, 6.07) is 0. The summed E-state index contributed by atoms with van der Waals surface area (Å²) in [7, 11) is 0. The van der Waals surface area contributed by atoms with E-state index < -0.39 is 0 Å². The summed E-state index contributed by atoms with van der Waals surface area (Å²) in [5.74, 6) is 4.02. The predicted molar refractivity (Wildman–Crippen MR) is 131 cm³/mol. The number of fused-ring (bicyclic) bond motifs is 7. The van der Waals surface area contributed by atoms with Crippen molar-refractivity contribution in [3.63, 3.8) is 0 Å². The molecule has 0 aromatic heterocycles. The molecular formula is C30H50O. The van der Waals surface area contributed by atoms with Crippen LogP contribution in [0.25, 0.3) is 0 Å². The Morgan fingerprint density at radius 3 is 2.13 bits per heavy atom. The molecule has 5 aliphatic rings. The minimum Gasteiger partial charge on any atom is -0.393 e. The quantitative estimate of drug-likeness (QED) is 0.421. The van der Waals surface area contributed by atoms with Crippen LogP contribution in [-0.4, -0.2) is 11.2 Å². The van der Waals surface area contributed by atoms with E-state index in [0.717, 1.165) is 30.1 Å². The molecule has 0 amide bonds. The maximum Gasteiger partial charge on any atom is 0.0594 e. The Balaban J connectivity index is 1.57. The molecule has 1 N–H and O–H groups in total. The Labute approximate surface area is 192 Å². The number of allylic oxidation sites excluding steroid dienone is 2. The fourth-order valence-corrected chi connectivity index (χ4v) is 11.4. The minimum atomic E-state index is -0.122. The predicted octanol–water partition coefficient (Wildman–Crippen LogP) is 8.02. The Morgan fingerprint density at radius 2 is 1.45 bits per heavy atom. The molecule has 0 aromatic carbocycles. The van der Waals surface area contributed by atoms with E-state index in [4.69, 9.17) is 0 Å². The first-order chi connectivity index (χ1) is 14.3. The van der Waals surface area contributed by atoms with Gasteiger partial charge in [0, 0.05) is 0 Å². The first kappa shape index (κ1) is 22.5. The van der Waals surface area contributed by atoms with Crippen molar-refractivity contribution < 1.29 is 5.11 Å². The van der Waals surface area contributed by atoms with Gasteiger partial charge >= 0.3 is 0 Å². The SMILES string of the molecule is CC(C)[C@H]1CC[C@]2(C)CC=C3[C@]4(C)CC[C@@H]5C(C)(C)[C@@H](O)CC[C@]5(C)[C@H]4CC[C@@]3(C)[C@H]12. The van der Waals surface area contributed by atoms with Crippen LogP contribution in [-0.2, 0) is 0 Å². The third-order valence-corrected chi connectivity index (χ3v) is 12.8. The molecule has 0 bridgehead atoms. The van der Waals surface area contributed by atoms with Gasteiger partial charge in [0.15, 0.2) is 0 Å².